The van der Waals surface area contributed by atoms with Gasteiger partial charge in [0, 0.05) is 25.7 Å². The van der Waals surface area contributed by atoms with Crippen molar-refractivity contribution in [3.05, 3.63) is 0 Å². The van der Waals surface area contributed by atoms with E-state index in [1.165, 1.54) is 244 Å². The van der Waals surface area contributed by atoms with Gasteiger partial charge in [-0.1, -0.05) is 382 Å². The molecule has 0 heterocycles. The molecule has 0 aliphatic carbocycles. The van der Waals surface area contributed by atoms with Crippen molar-refractivity contribution in [1.29, 1.82) is 0 Å². The number of aliphatic hydroxyl groups excluding tert-OH is 1. The maximum absolute atomic E-state index is 13.1. The van der Waals surface area contributed by atoms with Crippen molar-refractivity contribution in [2.45, 2.75) is 452 Å². The Morgan fingerprint density at radius 1 is 0.265 bits per heavy atom. The third-order valence-electron chi connectivity index (χ3n) is 19.4. The maximum atomic E-state index is 13.1. The van der Waals surface area contributed by atoms with Crippen LogP contribution in [0.1, 0.15) is 434 Å². The van der Waals surface area contributed by atoms with Crippen LogP contribution in [-0.4, -0.2) is 96.7 Å². The normalized spacial score (nSPS) is 13.9. The van der Waals surface area contributed by atoms with Crippen molar-refractivity contribution in [2.75, 3.05) is 39.6 Å². The highest BCUT2D eigenvalue weighted by molar-refractivity contribution is 7.47. The fraction of sp³-hybridized carbons (Fsp3) is 0.952. The number of phosphoric ester groups is 2. The first-order valence-corrected chi connectivity index (χ1v) is 45.8. The van der Waals surface area contributed by atoms with Crippen LogP contribution in [0.3, 0.4) is 0 Å². The average molecular weight is 1490 g/mol. The Bertz CT molecular complexity index is 1970. The summed E-state index contributed by atoms with van der Waals surface area (Å²) in [5.74, 6) is 0.241. The predicted molar refractivity (Wildman–Crippen MR) is 418 cm³/mol. The predicted octanol–water partition coefficient (Wildman–Crippen LogP) is 24.9. The van der Waals surface area contributed by atoms with Crippen molar-refractivity contribution in [1.82, 2.24) is 0 Å². The van der Waals surface area contributed by atoms with Crippen LogP contribution >= 0.6 is 15.6 Å². The maximum Gasteiger partial charge on any atom is 0.472 e. The summed E-state index contributed by atoms with van der Waals surface area (Å²) in [5, 5.41) is 10.6. The molecular formula is C83H162O17P2. The van der Waals surface area contributed by atoms with Crippen molar-refractivity contribution < 1.29 is 80.2 Å². The summed E-state index contributed by atoms with van der Waals surface area (Å²) in [6.45, 7) is 12.0. The van der Waals surface area contributed by atoms with E-state index in [-0.39, 0.29) is 25.7 Å². The van der Waals surface area contributed by atoms with E-state index in [1.807, 2.05) is 0 Å². The summed E-state index contributed by atoms with van der Waals surface area (Å²) in [4.78, 5) is 73.0. The van der Waals surface area contributed by atoms with Gasteiger partial charge < -0.3 is 33.8 Å². The molecule has 0 aliphatic heterocycles. The molecule has 0 radical (unpaired) electrons. The van der Waals surface area contributed by atoms with Gasteiger partial charge in [-0.2, -0.15) is 0 Å². The van der Waals surface area contributed by atoms with Gasteiger partial charge in [-0.3, -0.25) is 37.3 Å². The fourth-order valence-corrected chi connectivity index (χ4v) is 14.4. The summed E-state index contributed by atoms with van der Waals surface area (Å²) >= 11 is 0. The van der Waals surface area contributed by atoms with Gasteiger partial charge in [0.2, 0.25) is 0 Å². The number of aliphatic hydroxyl groups is 1. The second-order valence-corrected chi connectivity index (χ2v) is 34.2. The molecule has 0 aromatic heterocycles. The molecule has 606 valence electrons. The molecule has 19 heteroatoms. The molecule has 3 N–H and O–H groups in total. The van der Waals surface area contributed by atoms with Crippen LogP contribution in [0.2, 0.25) is 0 Å². The highest BCUT2D eigenvalue weighted by atomic mass is 31.2. The van der Waals surface area contributed by atoms with E-state index in [0.717, 1.165) is 108 Å². The Morgan fingerprint density at radius 2 is 0.451 bits per heavy atom. The number of carbonyl (C=O) groups excluding carboxylic acids is 4. The van der Waals surface area contributed by atoms with Crippen molar-refractivity contribution in [3.63, 3.8) is 0 Å². The van der Waals surface area contributed by atoms with E-state index in [1.54, 1.807) is 0 Å². The lowest BCUT2D eigenvalue weighted by Crippen LogP contribution is -2.30. The molecule has 0 saturated heterocycles. The van der Waals surface area contributed by atoms with Gasteiger partial charge in [-0.15, -0.1) is 0 Å². The zero-order valence-electron chi connectivity index (χ0n) is 67.1. The topological polar surface area (TPSA) is 237 Å². The molecular weight excluding hydrogens is 1330 g/mol. The molecule has 0 aromatic rings. The standard InChI is InChI=1S/C83H162O17P2/c1-8-9-10-11-12-13-28-35-43-50-57-64-80(85)93-71-79(100-83(88)67-60-53-46-39-38-42-49-56-63-76(6)7)73-98-102(91,92)96-69-77(84)68-95-101(89,90)97-72-78(70-94-81(86)65-58-51-44-36-31-26-22-19-18-21-25-30-34-41-48-55-62-75(4)5)99-82(87)66-59-52-45-37-32-27-23-17-15-14-16-20-24-29-33-40-47-54-61-74(2)3/h74-79,84H,8-73H2,1-7H3,(H,89,90)(H,91,92)/t77-,78-,79-/m1/s1. The highest BCUT2D eigenvalue weighted by Gasteiger charge is 2.30. The molecule has 0 spiro atoms. The summed E-state index contributed by atoms with van der Waals surface area (Å²) in [7, 11) is -9.92. The van der Waals surface area contributed by atoms with Crippen LogP contribution in [0.25, 0.3) is 0 Å². The fourth-order valence-electron chi connectivity index (χ4n) is 12.8. The van der Waals surface area contributed by atoms with Crippen LogP contribution in [0.15, 0.2) is 0 Å². The van der Waals surface area contributed by atoms with Crippen molar-refractivity contribution in [3.8, 4) is 0 Å². The molecule has 0 aromatic carbocycles. The Kier molecular flexibility index (Phi) is 71.8. The van der Waals surface area contributed by atoms with Crippen molar-refractivity contribution >= 4 is 39.5 Å². The molecule has 0 fully saturated rings. The lowest BCUT2D eigenvalue weighted by molar-refractivity contribution is -0.161. The minimum atomic E-state index is -4.96. The van der Waals surface area contributed by atoms with Crippen LogP contribution in [0, 0.1) is 17.8 Å². The lowest BCUT2D eigenvalue weighted by Gasteiger charge is -2.21. The monoisotopic (exact) mass is 1490 g/mol. The number of rotatable bonds is 81. The molecule has 0 amide bonds. The Balaban J connectivity index is 5.21. The van der Waals surface area contributed by atoms with E-state index < -0.39 is 97.5 Å². The number of carbonyl (C=O) groups is 4. The van der Waals surface area contributed by atoms with E-state index >= 15 is 0 Å². The minimum absolute atomic E-state index is 0.105. The van der Waals surface area contributed by atoms with Gasteiger partial charge in [0.1, 0.15) is 19.3 Å². The third kappa shape index (κ3) is 76.3. The summed E-state index contributed by atoms with van der Waals surface area (Å²) in [5.41, 5.74) is 0. The highest BCUT2D eigenvalue weighted by Crippen LogP contribution is 2.45. The first-order chi connectivity index (χ1) is 49.2. The molecule has 102 heavy (non-hydrogen) atoms. The average Bonchev–Trinajstić information content (AvgIpc) is 0.915. The zero-order chi connectivity index (χ0) is 75.1. The molecule has 0 saturated carbocycles. The number of esters is 4. The van der Waals surface area contributed by atoms with Gasteiger partial charge in [-0.05, 0) is 43.4 Å². The summed E-state index contributed by atoms with van der Waals surface area (Å²) < 4.78 is 68.7. The van der Waals surface area contributed by atoms with Gasteiger partial charge >= 0.3 is 39.5 Å². The number of ether oxygens (including phenoxy) is 4. The number of hydrogen-bond acceptors (Lipinski definition) is 15. The van der Waals surface area contributed by atoms with Gasteiger partial charge in [0.05, 0.1) is 26.4 Å². The molecule has 2 unspecified atom stereocenters. The number of unbranched alkanes of at least 4 members (excludes halogenated alkanes) is 49. The minimum Gasteiger partial charge on any atom is -0.462 e. The van der Waals surface area contributed by atoms with E-state index in [0.29, 0.717) is 25.7 Å². The molecule has 0 aliphatic rings. The quantitative estimate of drug-likeness (QED) is 0.0222. The van der Waals surface area contributed by atoms with Crippen LogP contribution in [0.4, 0.5) is 0 Å². The molecule has 17 nitrogen and oxygen atoms in total. The molecule has 0 rings (SSSR count). The van der Waals surface area contributed by atoms with Gasteiger partial charge in [-0.25, -0.2) is 9.13 Å². The SMILES string of the molecule is CCCCCCCCCCCCCC(=O)OC[C@H](COP(=O)(O)OC[C@H](O)COP(=O)(O)OC[C@@H](COC(=O)CCCCCCCCCCCCCCCCCCC(C)C)OC(=O)CCCCCCCCCCCCCCCCCCCCC(C)C)OC(=O)CCCCCCCCCCC(C)C. The van der Waals surface area contributed by atoms with Crippen LogP contribution < -0.4 is 0 Å². The van der Waals surface area contributed by atoms with Crippen LogP contribution in [0.5, 0.6) is 0 Å². The lowest BCUT2D eigenvalue weighted by atomic mass is 10.0. The second-order valence-electron chi connectivity index (χ2n) is 31.3. The van der Waals surface area contributed by atoms with Crippen LogP contribution in [-0.2, 0) is 65.4 Å². The number of phosphoric acid groups is 2. The van der Waals surface area contributed by atoms with Gasteiger partial charge in [0.15, 0.2) is 12.2 Å². The second kappa shape index (κ2) is 73.2. The summed E-state index contributed by atoms with van der Waals surface area (Å²) in [6.07, 6.45) is 62.6. The Morgan fingerprint density at radius 3 is 0.667 bits per heavy atom. The Hall–Kier alpha value is -1.94. The van der Waals surface area contributed by atoms with Gasteiger partial charge in [0.25, 0.3) is 0 Å². The van der Waals surface area contributed by atoms with Crippen molar-refractivity contribution in [2.24, 2.45) is 17.8 Å². The Labute approximate surface area is 626 Å². The van der Waals surface area contributed by atoms with E-state index in [4.69, 9.17) is 37.0 Å². The van der Waals surface area contributed by atoms with E-state index in [2.05, 4.69) is 48.5 Å². The molecule has 0 bridgehead atoms. The van der Waals surface area contributed by atoms with E-state index in [9.17, 15) is 43.2 Å². The largest absolute Gasteiger partial charge is 0.472 e. The third-order valence-corrected chi connectivity index (χ3v) is 21.3. The first kappa shape index (κ1) is 100. The first-order valence-electron chi connectivity index (χ1n) is 42.8. The zero-order valence-corrected chi connectivity index (χ0v) is 68.9. The summed E-state index contributed by atoms with van der Waals surface area (Å²) in [6, 6.07) is 0. The smallest absolute Gasteiger partial charge is 0.462 e. The number of hydrogen-bond donors (Lipinski definition) is 3. The molecule has 5 atom stereocenters.